The molecule has 1 heterocycles. The van der Waals surface area contributed by atoms with E-state index >= 15 is 0 Å². The summed E-state index contributed by atoms with van der Waals surface area (Å²) in [6.07, 6.45) is 5.30. The molecule has 1 aromatic heterocycles. The smallest absolute Gasteiger partial charge is 0.326 e. The maximum absolute atomic E-state index is 12.0. The summed E-state index contributed by atoms with van der Waals surface area (Å²) in [5, 5.41) is 8.97. The van der Waals surface area contributed by atoms with Crippen LogP contribution in [0.5, 0.6) is 0 Å². The highest BCUT2D eigenvalue weighted by Gasteiger charge is 2.13. The highest BCUT2D eigenvalue weighted by Crippen LogP contribution is 2.16. The lowest BCUT2D eigenvalue weighted by molar-refractivity contribution is -0.140. The van der Waals surface area contributed by atoms with E-state index in [2.05, 4.69) is 26.0 Å². The van der Waals surface area contributed by atoms with Crippen LogP contribution in [0.25, 0.3) is 12.2 Å². The minimum absolute atomic E-state index is 0.322. The van der Waals surface area contributed by atoms with Gasteiger partial charge in [0, 0.05) is 12.3 Å². The maximum Gasteiger partial charge on any atom is 0.326 e. The molecule has 4 heteroatoms. The van der Waals surface area contributed by atoms with Gasteiger partial charge < -0.3 is 9.67 Å². The van der Waals surface area contributed by atoms with Gasteiger partial charge in [0.2, 0.25) is 0 Å². The van der Waals surface area contributed by atoms with Crippen LogP contribution in [0.3, 0.4) is 0 Å². The molecular weight excluding hydrogens is 290 g/mol. The second-order valence-electron chi connectivity index (χ2n) is 5.87. The monoisotopic (exact) mass is 311 g/mol. The van der Waals surface area contributed by atoms with E-state index in [1.807, 2.05) is 24.3 Å². The quantitative estimate of drug-likeness (QED) is 0.914. The van der Waals surface area contributed by atoms with Crippen molar-refractivity contribution >= 4 is 18.1 Å². The molecule has 1 unspecified atom stereocenters. The van der Waals surface area contributed by atoms with Crippen LogP contribution in [0.15, 0.2) is 47.4 Å². The van der Waals surface area contributed by atoms with Crippen molar-refractivity contribution < 1.29 is 9.90 Å². The zero-order valence-electron chi connectivity index (χ0n) is 13.6. The lowest BCUT2D eigenvalue weighted by Crippen LogP contribution is -2.26. The van der Waals surface area contributed by atoms with E-state index in [1.54, 1.807) is 6.07 Å². The standard InChI is InChI=1S/C19H21NO3/c1-13(2)17-8-6-15(7-9-17)4-5-16-10-11-20(18(21)12-16)14(3)19(22)23/h4-14H,1-3H3,(H,22,23)/b5-4+. The molecule has 0 bridgehead atoms. The van der Waals surface area contributed by atoms with Crippen LogP contribution in [-0.4, -0.2) is 15.6 Å². The normalized spacial score (nSPS) is 12.7. The summed E-state index contributed by atoms with van der Waals surface area (Å²) < 4.78 is 1.21. The molecular formula is C19H21NO3. The molecule has 0 saturated heterocycles. The summed E-state index contributed by atoms with van der Waals surface area (Å²) in [6, 6.07) is 10.6. The Labute approximate surface area is 135 Å². The summed E-state index contributed by atoms with van der Waals surface area (Å²) in [5.41, 5.74) is 2.76. The van der Waals surface area contributed by atoms with Gasteiger partial charge in [0.1, 0.15) is 6.04 Å². The van der Waals surface area contributed by atoms with E-state index in [9.17, 15) is 9.59 Å². The van der Waals surface area contributed by atoms with Crippen molar-refractivity contribution in [2.45, 2.75) is 32.7 Å². The fraction of sp³-hybridized carbons (Fsp3) is 0.263. The van der Waals surface area contributed by atoms with Crippen LogP contribution < -0.4 is 5.56 Å². The van der Waals surface area contributed by atoms with Gasteiger partial charge in [-0.1, -0.05) is 50.3 Å². The van der Waals surface area contributed by atoms with Crippen molar-refractivity contribution in [1.29, 1.82) is 0 Å². The number of hydrogen-bond acceptors (Lipinski definition) is 2. The molecule has 0 aliphatic heterocycles. The fourth-order valence-electron chi connectivity index (χ4n) is 2.23. The summed E-state index contributed by atoms with van der Waals surface area (Å²) in [4.78, 5) is 22.9. The fourth-order valence-corrected chi connectivity index (χ4v) is 2.23. The minimum atomic E-state index is -1.03. The number of pyridine rings is 1. The van der Waals surface area contributed by atoms with Crippen LogP contribution in [0, 0.1) is 0 Å². The first-order valence-electron chi connectivity index (χ1n) is 7.61. The Bertz CT molecular complexity index is 770. The average Bonchev–Trinajstić information content (AvgIpc) is 2.52. The first-order chi connectivity index (χ1) is 10.9. The van der Waals surface area contributed by atoms with Crippen molar-refractivity contribution in [3.8, 4) is 0 Å². The third-order valence-electron chi connectivity index (χ3n) is 3.82. The zero-order chi connectivity index (χ0) is 17.0. The second kappa shape index (κ2) is 7.09. The van der Waals surface area contributed by atoms with E-state index in [1.165, 1.54) is 29.3 Å². The van der Waals surface area contributed by atoms with E-state index in [-0.39, 0.29) is 5.56 Å². The molecule has 23 heavy (non-hydrogen) atoms. The van der Waals surface area contributed by atoms with Crippen LogP contribution in [-0.2, 0) is 4.79 Å². The Morgan fingerprint density at radius 3 is 2.17 bits per heavy atom. The predicted molar refractivity (Wildman–Crippen MR) is 92.5 cm³/mol. The van der Waals surface area contributed by atoms with E-state index in [4.69, 9.17) is 5.11 Å². The number of aliphatic carboxylic acids is 1. The van der Waals surface area contributed by atoms with Crippen molar-refractivity contribution in [1.82, 2.24) is 4.57 Å². The highest BCUT2D eigenvalue weighted by molar-refractivity contribution is 5.72. The molecule has 0 saturated carbocycles. The summed E-state index contributed by atoms with van der Waals surface area (Å²) in [7, 11) is 0. The van der Waals surface area contributed by atoms with Crippen LogP contribution in [0.2, 0.25) is 0 Å². The van der Waals surface area contributed by atoms with E-state index < -0.39 is 12.0 Å². The van der Waals surface area contributed by atoms with Crippen LogP contribution >= 0.6 is 0 Å². The van der Waals surface area contributed by atoms with Gasteiger partial charge in [-0.25, -0.2) is 4.79 Å². The Kier molecular flexibility index (Phi) is 5.16. The van der Waals surface area contributed by atoms with Gasteiger partial charge in [0.25, 0.3) is 5.56 Å². The molecule has 0 spiro atoms. The molecule has 1 atom stereocenters. The van der Waals surface area contributed by atoms with Crippen molar-refractivity contribution in [3.05, 3.63) is 69.6 Å². The molecule has 1 aromatic carbocycles. The van der Waals surface area contributed by atoms with Gasteiger partial charge in [-0.2, -0.15) is 0 Å². The number of nitrogens with zero attached hydrogens (tertiary/aromatic N) is 1. The first kappa shape index (κ1) is 16.7. The van der Waals surface area contributed by atoms with Gasteiger partial charge in [0.15, 0.2) is 0 Å². The minimum Gasteiger partial charge on any atom is -0.480 e. The third-order valence-corrected chi connectivity index (χ3v) is 3.82. The maximum atomic E-state index is 12.0. The number of carboxylic acids is 1. The molecule has 120 valence electrons. The number of carbonyl (C=O) groups is 1. The Hall–Kier alpha value is -2.62. The van der Waals surface area contributed by atoms with Gasteiger partial charge in [-0.15, -0.1) is 0 Å². The predicted octanol–water partition coefficient (Wildman–Crippen LogP) is 3.79. The van der Waals surface area contributed by atoms with Crippen LogP contribution in [0.4, 0.5) is 0 Å². The molecule has 0 aliphatic carbocycles. The van der Waals surface area contributed by atoms with Gasteiger partial charge in [0.05, 0.1) is 0 Å². The Morgan fingerprint density at radius 2 is 1.65 bits per heavy atom. The molecule has 2 rings (SSSR count). The Balaban J connectivity index is 2.18. The van der Waals surface area contributed by atoms with Gasteiger partial charge in [-0.05, 0) is 35.6 Å². The Morgan fingerprint density at radius 1 is 1.04 bits per heavy atom. The van der Waals surface area contributed by atoms with Crippen molar-refractivity contribution in [2.75, 3.05) is 0 Å². The van der Waals surface area contributed by atoms with E-state index in [0.29, 0.717) is 5.92 Å². The molecule has 4 nitrogen and oxygen atoms in total. The number of rotatable bonds is 5. The number of carboxylic acid groups (broad SMARTS) is 1. The van der Waals surface area contributed by atoms with Gasteiger partial charge in [-0.3, -0.25) is 4.79 Å². The largest absolute Gasteiger partial charge is 0.480 e. The molecule has 0 fully saturated rings. The molecule has 0 amide bonds. The summed E-state index contributed by atoms with van der Waals surface area (Å²) >= 11 is 0. The van der Waals surface area contributed by atoms with Crippen LogP contribution in [0.1, 0.15) is 49.4 Å². The lowest BCUT2D eigenvalue weighted by Gasteiger charge is -2.10. The number of benzene rings is 1. The second-order valence-corrected chi connectivity index (χ2v) is 5.87. The van der Waals surface area contributed by atoms with Gasteiger partial charge >= 0.3 is 5.97 Å². The molecule has 1 N–H and O–H groups in total. The highest BCUT2D eigenvalue weighted by atomic mass is 16.4. The molecule has 0 radical (unpaired) electrons. The van der Waals surface area contributed by atoms with Crippen molar-refractivity contribution in [2.24, 2.45) is 0 Å². The zero-order valence-corrected chi connectivity index (χ0v) is 13.6. The average molecular weight is 311 g/mol. The first-order valence-corrected chi connectivity index (χ1v) is 7.61. The molecule has 0 aliphatic rings. The number of hydrogen-bond donors (Lipinski definition) is 1. The molecule has 2 aromatic rings. The number of aromatic nitrogens is 1. The third kappa shape index (κ3) is 4.19. The summed E-state index contributed by atoms with van der Waals surface area (Å²) in [6.45, 7) is 5.78. The topological polar surface area (TPSA) is 59.3 Å². The summed E-state index contributed by atoms with van der Waals surface area (Å²) in [5.74, 6) is -0.530. The van der Waals surface area contributed by atoms with Crippen molar-refractivity contribution in [3.63, 3.8) is 0 Å². The lowest BCUT2D eigenvalue weighted by atomic mass is 10.0. The van der Waals surface area contributed by atoms with E-state index in [0.717, 1.165) is 11.1 Å². The SMILES string of the molecule is CC(C)c1ccc(/C=C/c2ccn(C(C)C(=O)O)c(=O)c2)cc1.